The number of pyridine rings is 1. The number of carbonyl (C=O) groups excluding carboxylic acids is 1. The van der Waals surface area contributed by atoms with E-state index in [1.807, 2.05) is 29.8 Å². The Balaban J connectivity index is 1.53. The Kier molecular flexibility index (Phi) is 6.88. The van der Waals surface area contributed by atoms with Gasteiger partial charge in [0.2, 0.25) is 5.89 Å². The third kappa shape index (κ3) is 4.77. The van der Waals surface area contributed by atoms with Crippen molar-refractivity contribution in [3.63, 3.8) is 0 Å². The van der Waals surface area contributed by atoms with Crippen molar-refractivity contribution >= 4 is 22.9 Å². The number of amides is 1. The Morgan fingerprint density at radius 1 is 1.17 bits per heavy atom. The molecule has 0 unspecified atom stereocenters. The molecule has 0 bridgehead atoms. The van der Waals surface area contributed by atoms with Crippen molar-refractivity contribution in [2.45, 2.75) is 26.8 Å². The van der Waals surface area contributed by atoms with Crippen LogP contribution >= 0.6 is 11.3 Å². The molecule has 0 radical (unpaired) electrons. The van der Waals surface area contributed by atoms with E-state index in [2.05, 4.69) is 41.1 Å². The smallest absolute Gasteiger partial charge is 0.251 e. The van der Waals surface area contributed by atoms with Gasteiger partial charge in [0.05, 0.1) is 34.2 Å². The predicted molar refractivity (Wildman–Crippen MR) is 140 cm³/mol. The number of thiophene rings is 1. The zero-order chi connectivity index (χ0) is 25.1. The number of rotatable bonds is 9. The van der Waals surface area contributed by atoms with Crippen LogP contribution in [-0.2, 0) is 0 Å². The largest absolute Gasteiger partial charge is 0.443 e. The van der Waals surface area contributed by atoms with E-state index < -0.39 is 0 Å². The summed E-state index contributed by atoms with van der Waals surface area (Å²) in [6, 6.07) is 9.64. The van der Waals surface area contributed by atoms with Crippen LogP contribution in [0, 0.1) is 0 Å². The number of hydrogen-bond donors (Lipinski definition) is 1. The normalized spacial score (nSPS) is 12.3. The standard InChI is InChI=1S/C26H27N7O2S/c1-4-32(5-2)17(3)15-28-25(34)18-13-21(30-22(14-18)26-27-9-11-35-26)19-16-29-33-10-8-20(31-24(19)33)23-7-6-12-36-23/h6-14,16-17H,4-5,15H2,1-3H3,(H,28,34)/t17-/m0/s1. The van der Waals surface area contributed by atoms with E-state index in [1.165, 1.54) is 6.26 Å². The Morgan fingerprint density at radius 3 is 2.72 bits per heavy atom. The molecular weight excluding hydrogens is 474 g/mol. The molecular formula is C26H27N7O2S. The molecule has 0 aliphatic carbocycles. The molecule has 1 N–H and O–H groups in total. The average molecular weight is 502 g/mol. The second-order valence-corrected chi connectivity index (χ2v) is 9.31. The van der Waals surface area contributed by atoms with Crippen molar-refractivity contribution in [3.8, 4) is 33.4 Å². The highest BCUT2D eigenvalue weighted by molar-refractivity contribution is 7.13. The first-order valence-electron chi connectivity index (χ1n) is 11.9. The second-order valence-electron chi connectivity index (χ2n) is 8.36. The van der Waals surface area contributed by atoms with Gasteiger partial charge in [-0.05, 0) is 49.7 Å². The fraction of sp³-hybridized carbons (Fsp3) is 0.269. The summed E-state index contributed by atoms with van der Waals surface area (Å²) in [6.45, 7) is 8.74. The van der Waals surface area contributed by atoms with Crippen LogP contribution in [-0.4, -0.2) is 61.0 Å². The number of nitrogens with one attached hydrogen (secondary N) is 1. The zero-order valence-electron chi connectivity index (χ0n) is 20.4. The van der Waals surface area contributed by atoms with E-state index in [0.29, 0.717) is 40.6 Å². The summed E-state index contributed by atoms with van der Waals surface area (Å²) in [5, 5.41) is 9.54. The highest BCUT2D eigenvalue weighted by atomic mass is 32.1. The van der Waals surface area contributed by atoms with Crippen LogP contribution in [0.1, 0.15) is 31.1 Å². The van der Waals surface area contributed by atoms with Crippen LogP contribution in [0.5, 0.6) is 0 Å². The van der Waals surface area contributed by atoms with Crippen LogP contribution < -0.4 is 5.32 Å². The highest BCUT2D eigenvalue weighted by Gasteiger charge is 2.19. The number of aromatic nitrogens is 5. The lowest BCUT2D eigenvalue weighted by Crippen LogP contribution is -2.42. The Hall–Kier alpha value is -3.89. The molecule has 36 heavy (non-hydrogen) atoms. The van der Waals surface area contributed by atoms with Gasteiger partial charge in [0.1, 0.15) is 12.0 Å². The molecule has 0 aliphatic heterocycles. The topological polar surface area (TPSA) is 101 Å². The molecule has 1 amide bonds. The Bertz CT molecular complexity index is 1460. The van der Waals surface area contributed by atoms with Gasteiger partial charge >= 0.3 is 0 Å². The van der Waals surface area contributed by atoms with Gasteiger partial charge in [0.25, 0.3) is 5.91 Å². The van der Waals surface area contributed by atoms with Crippen molar-refractivity contribution in [3.05, 3.63) is 66.1 Å². The number of hydrogen-bond acceptors (Lipinski definition) is 8. The molecule has 5 aromatic heterocycles. The van der Waals surface area contributed by atoms with Crippen LogP contribution in [0.4, 0.5) is 0 Å². The van der Waals surface area contributed by atoms with Crippen LogP contribution in [0.25, 0.3) is 39.1 Å². The zero-order valence-corrected chi connectivity index (χ0v) is 21.2. The minimum Gasteiger partial charge on any atom is -0.443 e. The molecule has 0 fully saturated rings. The molecule has 5 rings (SSSR count). The van der Waals surface area contributed by atoms with Gasteiger partial charge in [-0.2, -0.15) is 5.10 Å². The first kappa shape index (κ1) is 23.8. The van der Waals surface area contributed by atoms with Crippen molar-refractivity contribution in [2.75, 3.05) is 19.6 Å². The van der Waals surface area contributed by atoms with Crippen LogP contribution in [0.3, 0.4) is 0 Å². The van der Waals surface area contributed by atoms with E-state index in [4.69, 9.17) is 14.4 Å². The number of likely N-dealkylation sites (N-methyl/N-ethyl adjacent to an activating group) is 1. The van der Waals surface area contributed by atoms with Crippen molar-refractivity contribution in [1.29, 1.82) is 0 Å². The third-order valence-electron chi connectivity index (χ3n) is 6.15. The maximum atomic E-state index is 13.2. The molecule has 1 atom stereocenters. The lowest BCUT2D eigenvalue weighted by atomic mass is 10.1. The average Bonchev–Trinajstić information content (AvgIpc) is 3.69. The Labute approximate surface area is 212 Å². The molecule has 0 aromatic carbocycles. The Morgan fingerprint density at radius 2 is 2.00 bits per heavy atom. The summed E-state index contributed by atoms with van der Waals surface area (Å²) in [6.07, 6.45) is 6.63. The molecule has 184 valence electrons. The van der Waals surface area contributed by atoms with Gasteiger partial charge in [-0.3, -0.25) is 9.69 Å². The fourth-order valence-electron chi connectivity index (χ4n) is 4.19. The second kappa shape index (κ2) is 10.4. The number of carbonyl (C=O) groups is 1. The van der Waals surface area contributed by atoms with Crippen molar-refractivity contribution in [2.24, 2.45) is 0 Å². The summed E-state index contributed by atoms with van der Waals surface area (Å²) < 4.78 is 7.20. The van der Waals surface area contributed by atoms with Crippen LogP contribution in [0.15, 0.2) is 65.0 Å². The van der Waals surface area contributed by atoms with Crippen LogP contribution in [0.2, 0.25) is 0 Å². The van der Waals surface area contributed by atoms with Gasteiger partial charge in [0, 0.05) is 24.3 Å². The maximum Gasteiger partial charge on any atom is 0.251 e. The minimum absolute atomic E-state index is 0.186. The highest BCUT2D eigenvalue weighted by Crippen LogP contribution is 2.29. The quantitative estimate of drug-likeness (QED) is 0.314. The summed E-state index contributed by atoms with van der Waals surface area (Å²) >= 11 is 1.62. The molecule has 9 nitrogen and oxygen atoms in total. The monoisotopic (exact) mass is 501 g/mol. The lowest BCUT2D eigenvalue weighted by molar-refractivity contribution is 0.0938. The lowest BCUT2D eigenvalue weighted by Gasteiger charge is -2.26. The van der Waals surface area contributed by atoms with Gasteiger partial charge < -0.3 is 9.73 Å². The first-order chi connectivity index (χ1) is 17.6. The number of fused-ring (bicyclic) bond motifs is 1. The first-order valence-corrected chi connectivity index (χ1v) is 12.8. The van der Waals surface area contributed by atoms with E-state index in [9.17, 15) is 4.79 Å². The summed E-state index contributed by atoms with van der Waals surface area (Å²) in [5.41, 5.74) is 3.72. The number of oxazole rings is 1. The predicted octanol–water partition coefficient (Wildman–Crippen LogP) is 4.63. The molecule has 5 heterocycles. The van der Waals surface area contributed by atoms with E-state index in [1.54, 1.807) is 40.4 Å². The summed E-state index contributed by atoms with van der Waals surface area (Å²) in [5.74, 6) is 0.153. The third-order valence-corrected chi connectivity index (χ3v) is 7.04. The molecule has 10 heteroatoms. The van der Waals surface area contributed by atoms with Gasteiger partial charge in [-0.1, -0.05) is 19.9 Å². The molecule has 5 aromatic rings. The fourth-order valence-corrected chi connectivity index (χ4v) is 4.88. The summed E-state index contributed by atoms with van der Waals surface area (Å²) in [4.78, 5) is 30.4. The van der Waals surface area contributed by atoms with Crippen molar-refractivity contribution in [1.82, 2.24) is 34.8 Å². The van der Waals surface area contributed by atoms with Crippen molar-refractivity contribution < 1.29 is 9.21 Å². The van der Waals surface area contributed by atoms with Gasteiger partial charge in [0.15, 0.2) is 5.65 Å². The minimum atomic E-state index is -0.186. The SMILES string of the molecule is CCN(CC)[C@@H](C)CNC(=O)c1cc(-c2ncco2)nc(-c2cnn3ccc(-c4cccs4)nc23)c1. The molecule has 0 saturated heterocycles. The van der Waals surface area contributed by atoms with E-state index >= 15 is 0 Å². The molecule has 0 saturated carbocycles. The molecule has 0 spiro atoms. The van der Waals surface area contributed by atoms with E-state index in [0.717, 1.165) is 23.7 Å². The van der Waals surface area contributed by atoms with Gasteiger partial charge in [-0.25, -0.2) is 19.5 Å². The number of nitrogens with zero attached hydrogens (tertiary/aromatic N) is 6. The van der Waals surface area contributed by atoms with Gasteiger partial charge in [-0.15, -0.1) is 11.3 Å². The summed E-state index contributed by atoms with van der Waals surface area (Å²) in [7, 11) is 0. The molecule has 0 aliphatic rings. The van der Waals surface area contributed by atoms with E-state index in [-0.39, 0.29) is 11.9 Å². The maximum absolute atomic E-state index is 13.2.